The maximum Gasteiger partial charge on any atom is 0.335 e. The van der Waals surface area contributed by atoms with Crippen LogP contribution in [-0.4, -0.2) is 57.5 Å². The van der Waals surface area contributed by atoms with Crippen LogP contribution in [-0.2, 0) is 27.8 Å². The van der Waals surface area contributed by atoms with Gasteiger partial charge in [-0.1, -0.05) is 24.8 Å². The van der Waals surface area contributed by atoms with Crippen LogP contribution in [0.5, 0.6) is 0 Å². The van der Waals surface area contributed by atoms with Crippen molar-refractivity contribution in [3.8, 4) is 5.69 Å². The van der Waals surface area contributed by atoms with E-state index in [9.17, 15) is 29.4 Å². The zero-order valence-corrected chi connectivity index (χ0v) is 23.7. The number of benzene rings is 1. The minimum Gasteiger partial charge on any atom is -0.511 e. The smallest absolute Gasteiger partial charge is 0.335 e. The van der Waals surface area contributed by atoms with E-state index in [-0.39, 0.29) is 36.5 Å². The summed E-state index contributed by atoms with van der Waals surface area (Å²) in [5, 5.41) is 25.7. The highest BCUT2D eigenvalue weighted by atomic mass is 16.5. The van der Waals surface area contributed by atoms with Crippen LogP contribution in [0.15, 0.2) is 75.3 Å². The molecule has 1 heterocycles. The van der Waals surface area contributed by atoms with Crippen LogP contribution in [0.1, 0.15) is 36.6 Å². The first-order valence-electron chi connectivity index (χ1n) is 13.2. The Hall–Kier alpha value is -4.64. The average molecular weight is 565 g/mol. The summed E-state index contributed by atoms with van der Waals surface area (Å²) in [4.78, 5) is 51.9. The molecule has 2 aromatic rings. The monoisotopic (exact) mass is 564 g/mol. The Morgan fingerprint density at radius 1 is 1.20 bits per heavy atom. The predicted octanol–water partition coefficient (Wildman–Crippen LogP) is 2.27. The van der Waals surface area contributed by atoms with Crippen LogP contribution in [0.25, 0.3) is 11.8 Å². The summed E-state index contributed by atoms with van der Waals surface area (Å²) in [6.45, 7) is 7.86. The van der Waals surface area contributed by atoms with Crippen molar-refractivity contribution in [2.45, 2.75) is 39.2 Å². The number of hydrogen-bond acceptors (Lipinski definition) is 8. The zero-order chi connectivity index (χ0) is 30.3. The summed E-state index contributed by atoms with van der Waals surface area (Å²) in [5.74, 6) is -2.11. The third-order valence-corrected chi connectivity index (χ3v) is 6.63. The van der Waals surface area contributed by atoms with Crippen LogP contribution >= 0.6 is 0 Å². The summed E-state index contributed by atoms with van der Waals surface area (Å²) in [7, 11) is 3.38. The molecule has 0 saturated carbocycles. The lowest BCUT2D eigenvalue weighted by Crippen LogP contribution is -2.44. The Morgan fingerprint density at radius 3 is 2.49 bits per heavy atom. The number of nitrogens with one attached hydrogen (secondary N) is 2. The van der Waals surface area contributed by atoms with Gasteiger partial charge in [-0.25, -0.2) is 14.2 Å². The largest absolute Gasteiger partial charge is 0.511 e. The third kappa shape index (κ3) is 7.12. The molecule has 11 nitrogen and oxygen atoms in total. The van der Waals surface area contributed by atoms with Gasteiger partial charge in [-0.2, -0.15) is 0 Å². The summed E-state index contributed by atoms with van der Waals surface area (Å²) < 4.78 is 7.57. The number of aromatic nitrogens is 2. The van der Waals surface area contributed by atoms with Gasteiger partial charge < -0.3 is 25.6 Å². The van der Waals surface area contributed by atoms with E-state index in [0.717, 1.165) is 10.1 Å². The molecule has 41 heavy (non-hydrogen) atoms. The highest BCUT2D eigenvalue weighted by Gasteiger charge is 2.28. The summed E-state index contributed by atoms with van der Waals surface area (Å²) in [5.41, 5.74) is 1.31. The first-order chi connectivity index (χ1) is 19.5. The maximum atomic E-state index is 13.2. The fourth-order valence-electron chi connectivity index (χ4n) is 4.47. The SMILES string of the molecule is C=C(/C=C\c1c(C)c(=O)n(-c2ccc(CC(NC(=O)C3=C(O)CCC=C3O)C(=O)OCC)cc2)c(=O)n1C)CNC. The molecule has 0 fully saturated rings. The quantitative estimate of drug-likeness (QED) is 0.240. The van der Waals surface area contributed by atoms with Crippen molar-refractivity contribution in [3.05, 3.63) is 103 Å². The molecule has 218 valence electrons. The van der Waals surface area contributed by atoms with Gasteiger partial charge in [0.2, 0.25) is 0 Å². The Balaban J connectivity index is 1.89. The van der Waals surface area contributed by atoms with Gasteiger partial charge in [0.25, 0.3) is 11.5 Å². The minimum atomic E-state index is -1.12. The lowest BCUT2D eigenvalue weighted by atomic mass is 10.0. The standard InChI is InChI=1S/C30H36N4O7/c1-6-41-29(39)22(32-27(37)26-24(35)8-7-9-25(26)36)16-20-11-13-21(14-12-20)34-28(38)19(3)23(33(5)30(34)40)15-10-18(2)17-31-4/h8,10-15,22,31,35-36H,2,6-7,9,16-17H2,1,3-5H3,(H,32,37)/b15-10-. The number of ether oxygens (including phenoxy) is 1. The number of likely N-dealkylation sites (N-methyl/N-ethyl adjacent to an activating group) is 1. The molecular formula is C30H36N4O7. The van der Waals surface area contributed by atoms with E-state index in [1.165, 1.54) is 10.6 Å². The molecule has 1 amide bonds. The van der Waals surface area contributed by atoms with Crippen molar-refractivity contribution in [3.63, 3.8) is 0 Å². The number of rotatable bonds is 11. The van der Waals surface area contributed by atoms with Gasteiger partial charge in [0.15, 0.2) is 0 Å². The van der Waals surface area contributed by atoms with Crippen molar-refractivity contribution in [1.29, 1.82) is 0 Å². The molecule has 0 saturated heterocycles. The van der Waals surface area contributed by atoms with Crippen molar-refractivity contribution in [2.24, 2.45) is 7.05 Å². The first kappa shape index (κ1) is 30.9. The average Bonchev–Trinajstić information content (AvgIpc) is 2.93. The van der Waals surface area contributed by atoms with Gasteiger partial charge >= 0.3 is 11.7 Å². The Morgan fingerprint density at radius 2 is 1.88 bits per heavy atom. The molecule has 0 bridgehead atoms. The summed E-state index contributed by atoms with van der Waals surface area (Å²) in [6.07, 6.45) is 5.46. The number of allylic oxidation sites excluding steroid dienone is 2. The number of aliphatic hydroxyl groups is 2. The second-order valence-electron chi connectivity index (χ2n) is 9.61. The van der Waals surface area contributed by atoms with E-state index in [0.29, 0.717) is 35.5 Å². The predicted molar refractivity (Wildman–Crippen MR) is 156 cm³/mol. The molecule has 11 heteroatoms. The van der Waals surface area contributed by atoms with E-state index < -0.39 is 29.2 Å². The lowest BCUT2D eigenvalue weighted by Gasteiger charge is -2.20. The number of amides is 1. The van der Waals surface area contributed by atoms with Crippen molar-refractivity contribution < 1.29 is 24.5 Å². The van der Waals surface area contributed by atoms with Gasteiger partial charge in [-0.15, -0.1) is 0 Å². The normalized spacial score (nSPS) is 14.1. The van der Waals surface area contributed by atoms with Crippen molar-refractivity contribution in [1.82, 2.24) is 19.8 Å². The molecule has 1 atom stereocenters. The Labute approximate surface area is 237 Å². The van der Waals surface area contributed by atoms with Gasteiger partial charge in [-0.3, -0.25) is 14.2 Å². The van der Waals surface area contributed by atoms with Gasteiger partial charge in [-0.05, 0) is 62.7 Å². The third-order valence-electron chi connectivity index (χ3n) is 6.63. The molecule has 3 rings (SSSR count). The van der Waals surface area contributed by atoms with Crippen LogP contribution in [0.2, 0.25) is 0 Å². The van der Waals surface area contributed by atoms with Gasteiger partial charge in [0.05, 0.1) is 18.0 Å². The molecule has 1 aromatic heterocycles. The molecule has 1 unspecified atom stereocenters. The fraction of sp³-hybridized carbons (Fsp3) is 0.333. The number of aliphatic hydroxyl groups excluding tert-OH is 2. The highest BCUT2D eigenvalue weighted by Crippen LogP contribution is 2.22. The van der Waals surface area contributed by atoms with Gasteiger partial charge in [0, 0.05) is 32.0 Å². The second-order valence-corrected chi connectivity index (χ2v) is 9.61. The molecule has 0 spiro atoms. The first-order valence-corrected chi connectivity index (χ1v) is 13.2. The number of carbonyl (C=O) groups is 2. The maximum absolute atomic E-state index is 13.2. The second kappa shape index (κ2) is 13.6. The molecule has 1 aliphatic rings. The molecule has 4 N–H and O–H groups in total. The molecule has 0 aliphatic heterocycles. The summed E-state index contributed by atoms with van der Waals surface area (Å²) in [6, 6.07) is 5.31. The van der Waals surface area contributed by atoms with E-state index >= 15 is 0 Å². The van der Waals surface area contributed by atoms with Crippen LogP contribution < -0.4 is 21.9 Å². The number of nitrogens with zero attached hydrogens (tertiary/aromatic N) is 2. The zero-order valence-electron chi connectivity index (χ0n) is 23.7. The van der Waals surface area contributed by atoms with E-state index in [1.807, 2.05) is 0 Å². The fourth-order valence-corrected chi connectivity index (χ4v) is 4.47. The van der Waals surface area contributed by atoms with Crippen molar-refractivity contribution in [2.75, 3.05) is 20.2 Å². The lowest BCUT2D eigenvalue weighted by molar-refractivity contribution is -0.147. The topological polar surface area (TPSA) is 152 Å². The molecular weight excluding hydrogens is 528 g/mol. The van der Waals surface area contributed by atoms with E-state index in [1.54, 1.807) is 64.4 Å². The van der Waals surface area contributed by atoms with Crippen LogP contribution in [0, 0.1) is 6.92 Å². The number of esters is 1. The van der Waals surface area contributed by atoms with Gasteiger partial charge in [0.1, 0.15) is 23.1 Å². The number of carbonyl (C=O) groups excluding carboxylic acids is 2. The molecule has 1 aromatic carbocycles. The molecule has 0 radical (unpaired) electrons. The Bertz CT molecular complexity index is 1500. The molecule has 1 aliphatic carbocycles. The Kier molecular flexibility index (Phi) is 10.3. The van der Waals surface area contributed by atoms with Crippen LogP contribution in [0.4, 0.5) is 0 Å². The number of hydrogen-bond donors (Lipinski definition) is 4. The van der Waals surface area contributed by atoms with E-state index in [2.05, 4.69) is 17.2 Å². The summed E-state index contributed by atoms with van der Waals surface area (Å²) >= 11 is 0. The minimum absolute atomic E-state index is 0.0234. The van der Waals surface area contributed by atoms with E-state index in [4.69, 9.17) is 4.74 Å². The van der Waals surface area contributed by atoms with Crippen LogP contribution in [0.3, 0.4) is 0 Å². The van der Waals surface area contributed by atoms with Crippen molar-refractivity contribution >= 4 is 18.0 Å². The highest BCUT2D eigenvalue weighted by molar-refractivity contribution is 6.00.